The summed E-state index contributed by atoms with van der Waals surface area (Å²) in [5.74, 6) is -0.446. The molecule has 0 amide bonds. The number of hydrogen-bond donors (Lipinski definition) is 2. The zero-order valence-electron chi connectivity index (χ0n) is 14.5. The molecule has 0 aliphatic heterocycles. The average molecular weight is 371 g/mol. The second-order valence-corrected chi connectivity index (χ2v) is 6.41. The number of aryl methyl sites for hydroxylation is 1. The molecule has 1 unspecified atom stereocenters. The van der Waals surface area contributed by atoms with Gasteiger partial charge >= 0.3 is 5.97 Å². The number of carboxylic acid groups (broad SMARTS) is 1. The van der Waals surface area contributed by atoms with Gasteiger partial charge in [0, 0.05) is 5.56 Å². The van der Waals surface area contributed by atoms with Crippen LogP contribution in [0.15, 0.2) is 48.5 Å². The summed E-state index contributed by atoms with van der Waals surface area (Å²) in [6, 6.07) is 15.1. The number of ether oxygens (including phenoxy) is 1. The van der Waals surface area contributed by atoms with Crippen LogP contribution in [0, 0.1) is 6.92 Å². The maximum atomic E-state index is 11.9. The Bertz CT molecular complexity index is 922. The van der Waals surface area contributed by atoms with Gasteiger partial charge in [0.05, 0.1) is 12.8 Å². The lowest BCUT2D eigenvalue weighted by atomic mass is 9.95. The first-order valence-electron chi connectivity index (χ1n) is 8.16. The molecule has 0 aliphatic rings. The molecule has 1 aromatic heterocycles. The summed E-state index contributed by atoms with van der Waals surface area (Å²) < 4.78 is 5.25. The number of benzene rings is 2. The van der Waals surface area contributed by atoms with Crippen LogP contribution in [0.25, 0.3) is 11.4 Å². The molecular weight excluding hydrogens is 352 g/mol. The standard InChI is InChI=1S/C20H19ClN2O3/c1-12-10-13(8-9-16(12)26-2)11-15(20(24)25)17-18(21)23-19(22-17)14-6-4-3-5-7-14/h3-10,15H,11H2,1-2H3,(H,22,23)(H,24,25). The fourth-order valence-electron chi connectivity index (χ4n) is 2.95. The van der Waals surface area contributed by atoms with Gasteiger partial charge < -0.3 is 14.8 Å². The SMILES string of the molecule is COc1ccc(CC(C(=O)O)c2[nH]c(-c3ccccc3)nc2Cl)cc1C. The van der Waals surface area contributed by atoms with E-state index in [9.17, 15) is 9.90 Å². The number of aromatic nitrogens is 2. The van der Waals surface area contributed by atoms with Crippen LogP contribution in [0.1, 0.15) is 22.7 Å². The van der Waals surface area contributed by atoms with Gasteiger partial charge in [0.1, 0.15) is 17.5 Å². The molecule has 0 saturated heterocycles. The van der Waals surface area contributed by atoms with E-state index in [1.165, 1.54) is 0 Å². The first-order valence-corrected chi connectivity index (χ1v) is 8.54. The van der Waals surface area contributed by atoms with Crippen molar-refractivity contribution >= 4 is 17.6 Å². The summed E-state index contributed by atoms with van der Waals surface area (Å²) in [7, 11) is 1.61. The molecule has 0 spiro atoms. The second-order valence-electron chi connectivity index (χ2n) is 6.05. The van der Waals surface area contributed by atoms with Gasteiger partial charge in [-0.2, -0.15) is 0 Å². The number of imidazole rings is 1. The molecule has 0 aliphatic carbocycles. The first-order chi connectivity index (χ1) is 12.5. The Hall–Kier alpha value is -2.79. The van der Waals surface area contributed by atoms with Gasteiger partial charge in [-0.1, -0.05) is 54.1 Å². The fourth-order valence-corrected chi connectivity index (χ4v) is 3.21. The maximum Gasteiger partial charge on any atom is 0.312 e. The smallest absolute Gasteiger partial charge is 0.312 e. The van der Waals surface area contributed by atoms with Crippen LogP contribution in [0.2, 0.25) is 5.15 Å². The number of rotatable bonds is 6. The summed E-state index contributed by atoms with van der Waals surface area (Å²) in [6.07, 6.45) is 0.302. The van der Waals surface area contributed by atoms with Crippen LogP contribution in [0.5, 0.6) is 5.75 Å². The molecule has 1 atom stereocenters. The molecule has 134 valence electrons. The van der Waals surface area contributed by atoms with E-state index in [0.717, 1.165) is 22.4 Å². The predicted molar refractivity (Wildman–Crippen MR) is 101 cm³/mol. The van der Waals surface area contributed by atoms with Crippen molar-refractivity contribution < 1.29 is 14.6 Å². The lowest BCUT2D eigenvalue weighted by Crippen LogP contribution is -2.15. The molecule has 2 N–H and O–H groups in total. The summed E-state index contributed by atoms with van der Waals surface area (Å²) in [5, 5.41) is 9.91. The molecule has 1 heterocycles. The number of halogens is 1. The summed E-state index contributed by atoms with van der Waals surface area (Å²) >= 11 is 6.25. The van der Waals surface area contributed by atoms with Gasteiger partial charge in [0.15, 0.2) is 5.15 Å². The largest absolute Gasteiger partial charge is 0.496 e. The van der Waals surface area contributed by atoms with Crippen molar-refractivity contribution in [1.29, 1.82) is 0 Å². The van der Waals surface area contributed by atoms with Crippen molar-refractivity contribution in [2.24, 2.45) is 0 Å². The Labute approximate surface area is 156 Å². The Morgan fingerprint density at radius 2 is 2.00 bits per heavy atom. The van der Waals surface area contributed by atoms with Gasteiger partial charge in [-0.05, 0) is 30.5 Å². The Morgan fingerprint density at radius 1 is 1.27 bits per heavy atom. The Kier molecular flexibility index (Phi) is 5.28. The number of H-pyrrole nitrogens is 1. The Balaban J connectivity index is 1.92. The summed E-state index contributed by atoms with van der Waals surface area (Å²) in [5.41, 5.74) is 3.11. The number of carboxylic acids is 1. The number of aliphatic carboxylic acids is 1. The monoisotopic (exact) mass is 370 g/mol. The molecule has 3 aromatic rings. The molecule has 6 heteroatoms. The molecule has 5 nitrogen and oxygen atoms in total. The van der Waals surface area contributed by atoms with E-state index in [-0.39, 0.29) is 5.15 Å². The third kappa shape index (κ3) is 3.73. The molecule has 0 bridgehead atoms. The van der Waals surface area contributed by atoms with E-state index < -0.39 is 11.9 Å². The van der Waals surface area contributed by atoms with Crippen molar-refractivity contribution in [3.8, 4) is 17.1 Å². The number of hydrogen-bond acceptors (Lipinski definition) is 3. The van der Waals surface area contributed by atoms with Gasteiger partial charge in [-0.15, -0.1) is 0 Å². The van der Waals surface area contributed by atoms with Crippen molar-refractivity contribution in [2.45, 2.75) is 19.3 Å². The van der Waals surface area contributed by atoms with Crippen LogP contribution in [-0.4, -0.2) is 28.2 Å². The molecule has 26 heavy (non-hydrogen) atoms. The van der Waals surface area contributed by atoms with Gasteiger partial charge in [0.2, 0.25) is 0 Å². The summed E-state index contributed by atoms with van der Waals surface area (Å²) in [4.78, 5) is 19.3. The van der Waals surface area contributed by atoms with E-state index in [1.54, 1.807) is 7.11 Å². The average Bonchev–Trinajstić information content (AvgIpc) is 3.02. The molecule has 0 radical (unpaired) electrons. The third-order valence-electron chi connectivity index (χ3n) is 4.28. The molecule has 0 saturated carbocycles. The molecule has 2 aromatic carbocycles. The van der Waals surface area contributed by atoms with E-state index in [0.29, 0.717) is 17.9 Å². The predicted octanol–water partition coefficient (Wildman–Crippen LogP) is 4.46. The highest BCUT2D eigenvalue weighted by atomic mass is 35.5. The lowest BCUT2D eigenvalue weighted by molar-refractivity contribution is -0.138. The summed E-state index contributed by atoms with van der Waals surface area (Å²) in [6.45, 7) is 1.93. The first kappa shape index (κ1) is 18.0. The maximum absolute atomic E-state index is 11.9. The minimum absolute atomic E-state index is 0.182. The van der Waals surface area contributed by atoms with Crippen molar-refractivity contribution in [3.05, 3.63) is 70.5 Å². The highest BCUT2D eigenvalue weighted by Crippen LogP contribution is 2.30. The third-order valence-corrected chi connectivity index (χ3v) is 4.57. The minimum Gasteiger partial charge on any atom is -0.496 e. The molecule has 0 fully saturated rings. The molecular formula is C20H19ClN2O3. The fraction of sp³-hybridized carbons (Fsp3) is 0.200. The van der Waals surface area contributed by atoms with Crippen LogP contribution in [0.4, 0.5) is 0 Å². The van der Waals surface area contributed by atoms with Gasteiger partial charge in [0.25, 0.3) is 0 Å². The number of carbonyl (C=O) groups is 1. The second kappa shape index (κ2) is 7.62. The van der Waals surface area contributed by atoms with Crippen LogP contribution in [0.3, 0.4) is 0 Å². The zero-order valence-corrected chi connectivity index (χ0v) is 15.2. The highest BCUT2D eigenvalue weighted by molar-refractivity contribution is 6.30. The van der Waals surface area contributed by atoms with E-state index in [1.807, 2.05) is 55.5 Å². The van der Waals surface area contributed by atoms with E-state index in [4.69, 9.17) is 16.3 Å². The Morgan fingerprint density at radius 3 is 2.62 bits per heavy atom. The van der Waals surface area contributed by atoms with Crippen LogP contribution in [-0.2, 0) is 11.2 Å². The van der Waals surface area contributed by atoms with Gasteiger partial charge in [-0.3, -0.25) is 4.79 Å². The van der Waals surface area contributed by atoms with Crippen LogP contribution >= 0.6 is 11.6 Å². The van der Waals surface area contributed by atoms with Gasteiger partial charge in [-0.25, -0.2) is 4.98 Å². The van der Waals surface area contributed by atoms with Crippen molar-refractivity contribution in [3.63, 3.8) is 0 Å². The van der Waals surface area contributed by atoms with Crippen LogP contribution < -0.4 is 4.74 Å². The zero-order chi connectivity index (χ0) is 18.7. The topological polar surface area (TPSA) is 75.2 Å². The number of methoxy groups -OCH3 is 1. The normalized spacial score (nSPS) is 12.0. The lowest BCUT2D eigenvalue weighted by Gasteiger charge is -2.13. The van der Waals surface area contributed by atoms with Crippen molar-refractivity contribution in [2.75, 3.05) is 7.11 Å². The highest BCUT2D eigenvalue weighted by Gasteiger charge is 2.26. The molecule has 3 rings (SSSR count). The quantitative estimate of drug-likeness (QED) is 0.671. The van der Waals surface area contributed by atoms with E-state index in [2.05, 4.69) is 9.97 Å². The minimum atomic E-state index is -0.955. The number of nitrogens with zero attached hydrogens (tertiary/aromatic N) is 1. The van der Waals surface area contributed by atoms with E-state index >= 15 is 0 Å². The van der Waals surface area contributed by atoms with Crippen molar-refractivity contribution in [1.82, 2.24) is 9.97 Å². The number of aromatic amines is 1. The number of nitrogens with one attached hydrogen (secondary N) is 1.